The van der Waals surface area contributed by atoms with E-state index in [1.807, 2.05) is 6.92 Å². The Morgan fingerprint density at radius 1 is 1.26 bits per heavy atom. The normalized spacial score (nSPS) is 11.2. The molecule has 0 aliphatic rings. The van der Waals surface area contributed by atoms with Crippen molar-refractivity contribution in [3.05, 3.63) is 33.4 Å². The van der Waals surface area contributed by atoms with Gasteiger partial charge in [-0.15, -0.1) is 0 Å². The van der Waals surface area contributed by atoms with Crippen molar-refractivity contribution in [2.75, 3.05) is 12.4 Å². The first-order valence-corrected chi connectivity index (χ1v) is 5.95. The van der Waals surface area contributed by atoms with E-state index in [0.29, 0.717) is 0 Å². The molecule has 0 heterocycles. The van der Waals surface area contributed by atoms with Crippen LogP contribution in [-0.2, 0) is 4.79 Å². The number of benzene rings is 1. The smallest absolute Gasteiger partial charge is 0.293 e. The summed E-state index contributed by atoms with van der Waals surface area (Å²) in [4.78, 5) is 22.6. The topological polar surface area (TPSA) is 84.3 Å². The van der Waals surface area contributed by atoms with Gasteiger partial charge in [-0.25, -0.2) is 0 Å². The summed E-state index contributed by atoms with van der Waals surface area (Å²) in [5.41, 5.74) is 1.04. The molecule has 104 valence electrons. The third-order valence-electron chi connectivity index (χ3n) is 3.25. The van der Waals surface area contributed by atoms with Crippen molar-refractivity contribution < 1.29 is 9.72 Å². The van der Waals surface area contributed by atoms with Crippen molar-refractivity contribution in [1.82, 2.24) is 5.32 Å². The number of nitrogens with zero attached hydrogens (tertiary/aromatic N) is 1. The fraction of sp³-hybridized carbons (Fsp3) is 0.462. The highest BCUT2D eigenvalue weighted by atomic mass is 16.6. The molecule has 0 aliphatic heterocycles. The zero-order valence-electron chi connectivity index (χ0n) is 11.8. The molecular weight excluding hydrogens is 246 g/mol. The molecule has 6 heteroatoms. The zero-order chi connectivity index (χ0) is 14.8. The SMILES string of the molecule is CNC(C)(C)C(=O)Nc1cc(C)c(C)cc1[N+](=O)[O-]. The minimum Gasteiger partial charge on any atom is -0.319 e. The lowest BCUT2D eigenvalue weighted by molar-refractivity contribution is -0.384. The van der Waals surface area contributed by atoms with Gasteiger partial charge < -0.3 is 10.6 Å². The van der Waals surface area contributed by atoms with Crippen molar-refractivity contribution in [3.8, 4) is 0 Å². The molecule has 0 saturated heterocycles. The maximum Gasteiger partial charge on any atom is 0.293 e. The second-order valence-electron chi connectivity index (χ2n) is 5.04. The first kappa shape index (κ1) is 15.1. The van der Waals surface area contributed by atoms with Crippen molar-refractivity contribution in [2.45, 2.75) is 33.2 Å². The molecule has 19 heavy (non-hydrogen) atoms. The van der Waals surface area contributed by atoms with Gasteiger partial charge in [0.1, 0.15) is 5.69 Å². The van der Waals surface area contributed by atoms with Gasteiger partial charge in [-0.2, -0.15) is 0 Å². The van der Waals surface area contributed by atoms with Gasteiger partial charge in [0.2, 0.25) is 5.91 Å². The summed E-state index contributed by atoms with van der Waals surface area (Å²) in [6, 6.07) is 3.09. The van der Waals surface area contributed by atoms with E-state index in [4.69, 9.17) is 0 Å². The minimum atomic E-state index is -0.799. The van der Waals surface area contributed by atoms with Crippen LogP contribution in [0.1, 0.15) is 25.0 Å². The van der Waals surface area contributed by atoms with Gasteiger partial charge in [0, 0.05) is 6.07 Å². The monoisotopic (exact) mass is 265 g/mol. The van der Waals surface area contributed by atoms with Crippen LogP contribution in [0.4, 0.5) is 11.4 Å². The Kier molecular flexibility index (Phi) is 4.26. The third kappa shape index (κ3) is 3.29. The highest BCUT2D eigenvalue weighted by molar-refractivity contribution is 5.99. The van der Waals surface area contributed by atoms with E-state index >= 15 is 0 Å². The molecule has 0 atom stereocenters. The number of aryl methyl sites for hydroxylation is 2. The van der Waals surface area contributed by atoms with Crippen LogP contribution in [0.25, 0.3) is 0 Å². The average molecular weight is 265 g/mol. The maximum atomic E-state index is 12.0. The van der Waals surface area contributed by atoms with Gasteiger partial charge in [0.05, 0.1) is 10.5 Å². The zero-order valence-corrected chi connectivity index (χ0v) is 11.8. The first-order chi connectivity index (χ1) is 8.69. The fourth-order valence-corrected chi connectivity index (χ4v) is 1.44. The Morgan fingerprint density at radius 3 is 2.26 bits per heavy atom. The molecule has 0 fully saturated rings. The first-order valence-electron chi connectivity index (χ1n) is 5.95. The van der Waals surface area contributed by atoms with E-state index in [-0.39, 0.29) is 17.3 Å². The van der Waals surface area contributed by atoms with Gasteiger partial charge in [-0.3, -0.25) is 14.9 Å². The fourth-order valence-electron chi connectivity index (χ4n) is 1.44. The average Bonchev–Trinajstić information content (AvgIpc) is 2.32. The number of nitro benzene ring substituents is 1. The highest BCUT2D eigenvalue weighted by Crippen LogP contribution is 2.28. The molecule has 2 N–H and O–H groups in total. The van der Waals surface area contributed by atoms with E-state index in [0.717, 1.165) is 11.1 Å². The van der Waals surface area contributed by atoms with Gasteiger partial charge >= 0.3 is 0 Å². The van der Waals surface area contributed by atoms with E-state index in [1.54, 1.807) is 33.9 Å². The maximum absolute atomic E-state index is 12.0. The van der Waals surface area contributed by atoms with Crippen molar-refractivity contribution >= 4 is 17.3 Å². The van der Waals surface area contributed by atoms with E-state index in [9.17, 15) is 14.9 Å². The number of nitrogens with one attached hydrogen (secondary N) is 2. The number of rotatable bonds is 4. The number of amides is 1. The Labute approximate surface area is 112 Å². The molecule has 0 aliphatic carbocycles. The quantitative estimate of drug-likeness (QED) is 0.645. The molecule has 1 aromatic rings. The predicted molar refractivity (Wildman–Crippen MR) is 74.3 cm³/mol. The second kappa shape index (κ2) is 5.36. The summed E-state index contributed by atoms with van der Waals surface area (Å²) in [6.45, 7) is 7.05. The van der Waals surface area contributed by atoms with Crippen LogP contribution in [0, 0.1) is 24.0 Å². The summed E-state index contributed by atoms with van der Waals surface area (Å²) in [6.07, 6.45) is 0. The van der Waals surface area contributed by atoms with Crippen LogP contribution in [0.2, 0.25) is 0 Å². The number of hydrogen-bond donors (Lipinski definition) is 2. The molecule has 0 spiro atoms. The van der Waals surface area contributed by atoms with Crippen LogP contribution >= 0.6 is 0 Å². The summed E-state index contributed by atoms with van der Waals surface area (Å²) in [5.74, 6) is -0.318. The minimum absolute atomic E-state index is 0.0941. The second-order valence-corrected chi connectivity index (χ2v) is 5.04. The van der Waals surface area contributed by atoms with E-state index in [1.165, 1.54) is 6.07 Å². The van der Waals surface area contributed by atoms with Crippen LogP contribution in [0.3, 0.4) is 0 Å². The van der Waals surface area contributed by atoms with Gasteiger partial charge in [0.15, 0.2) is 0 Å². The van der Waals surface area contributed by atoms with Crippen molar-refractivity contribution in [1.29, 1.82) is 0 Å². The van der Waals surface area contributed by atoms with Crippen LogP contribution in [-0.4, -0.2) is 23.4 Å². The largest absolute Gasteiger partial charge is 0.319 e. The van der Waals surface area contributed by atoms with E-state index < -0.39 is 10.5 Å². The van der Waals surface area contributed by atoms with Crippen molar-refractivity contribution in [2.24, 2.45) is 0 Å². The molecule has 6 nitrogen and oxygen atoms in total. The summed E-state index contributed by atoms with van der Waals surface area (Å²) >= 11 is 0. The molecule has 0 saturated carbocycles. The van der Waals surface area contributed by atoms with Crippen LogP contribution in [0.15, 0.2) is 12.1 Å². The molecular formula is C13H19N3O3. The lowest BCUT2D eigenvalue weighted by Gasteiger charge is -2.22. The summed E-state index contributed by atoms with van der Waals surface area (Å²) in [7, 11) is 1.66. The lowest BCUT2D eigenvalue weighted by atomic mass is 10.0. The summed E-state index contributed by atoms with van der Waals surface area (Å²) < 4.78 is 0. The molecule has 1 aromatic carbocycles. The Balaban J connectivity index is 3.17. The van der Waals surface area contributed by atoms with Crippen LogP contribution < -0.4 is 10.6 Å². The Hall–Kier alpha value is -1.95. The highest BCUT2D eigenvalue weighted by Gasteiger charge is 2.27. The van der Waals surface area contributed by atoms with E-state index in [2.05, 4.69) is 10.6 Å². The summed E-state index contributed by atoms with van der Waals surface area (Å²) in [5, 5.41) is 16.5. The third-order valence-corrected chi connectivity index (χ3v) is 3.25. The van der Waals surface area contributed by atoms with Gasteiger partial charge in [-0.05, 0) is 51.9 Å². The molecule has 1 rings (SSSR count). The van der Waals surface area contributed by atoms with Crippen molar-refractivity contribution in [3.63, 3.8) is 0 Å². The number of hydrogen-bond acceptors (Lipinski definition) is 4. The lowest BCUT2D eigenvalue weighted by Crippen LogP contribution is -2.48. The van der Waals surface area contributed by atoms with Crippen LogP contribution in [0.5, 0.6) is 0 Å². The standard InChI is InChI=1S/C13H19N3O3/c1-8-6-10(11(16(18)19)7-9(8)2)15-12(17)13(3,4)14-5/h6-7,14H,1-5H3,(H,15,17). The van der Waals surface area contributed by atoms with Gasteiger partial charge in [-0.1, -0.05) is 0 Å². The Morgan fingerprint density at radius 2 is 1.79 bits per heavy atom. The molecule has 0 radical (unpaired) electrons. The number of likely N-dealkylation sites (N-methyl/N-ethyl adjacent to an activating group) is 1. The number of carbonyl (C=O) groups is 1. The Bertz CT molecular complexity index is 524. The number of nitro groups is 1. The molecule has 0 aromatic heterocycles. The predicted octanol–water partition coefficient (Wildman–Crippen LogP) is 2.15. The number of anilines is 1. The van der Waals surface area contributed by atoms with Gasteiger partial charge in [0.25, 0.3) is 5.69 Å². The molecule has 0 unspecified atom stereocenters. The number of carbonyl (C=O) groups excluding carboxylic acids is 1. The molecule has 0 bridgehead atoms. The molecule has 1 amide bonds.